The zero-order valence-electron chi connectivity index (χ0n) is 33.8. The summed E-state index contributed by atoms with van der Waals surface area (Å²) in [6.07, 6.45) is 0.841. The number of aliphatic imine (C=N–C) groups is 4. The summed E-state index contributed by atoms with van der Waals surface area (Å²) in [7, 11) is 0. The van der Waals surface area contributed by atoms with E-state index >= 15 is 0 Å². The van der Waals surface area contributed by atoms with Crippen LogP contribution in [0, 0.1) is 0 Å². The molecule has 3 aromatic rings. The molecular formula is C38H57N17O6. The maximum absolute atomic E-state index is 14.2. The van der Waals surface area contributed by atoms with Gasteiger partial charge in [-0.2, -0.15) is 0 Å². The highest BCUT2D eigenvalue weighted by atomic mass is 16.4. The first-order valence-corrected chi connectivity index (χ1v) is 19.5. The summed E-state index contributed by atoms with van der Waals surface area (Å²) in [5, 5.41) is 21.6. The van der Waals surface area contributed by atoms with E-state index < -0.39 is 53.8 Å². The van der Waals surface area contributed by atoms with Crippen molar-refractivity contribution in [1.82, 2.24) is 26.3 Å². The maximum Gasteiger partial charge on any atom is 0.326 e. The van der Waals surface area contributed by atoms with Crippen LogP contribution < -0.4 is 67.1 Å². The minimum atomic E-state index is -1.35. The molecule has 0 fully saturated rings. The zero-order chi connectivity index (χ0) is 44.9. The van der Waals surface area contributed by atoms with E-state index in [4.69, 9.17) is 45.9 Å². The predicted octanol–water partition coefficient (Wildman–Crippen LogP) is -2.76. The van der Waals surface area contributed by atoms with Crippen molar-refractivity contribution in [2.45, 2.75) is 75.5 Å². The van der Waals surface area contributed by atoms with E-state index in [1.54, 1.807) is 48.5 Å². The van der Waals surface area contributed by atoms with E-state index in [1.807, 2.05) is 0 Å². The molecule has 0 bridgehead atoms. The summed E-state index contributed by atoms with van der Waals surface area (Å²) in [5.74, 6) is -4.95. The number of para-hydroxylation sites is 2. The number of pyridine rings is 1. The fraction of sp³-hybridized carbons (Fsp3) is 0.421. The number of amides is 4. The molecule has 3 rings (SSSR count). The van der Waals surface area contributed by atoms with Gasteiger partial charge >= 0.3 is 5.97 Å². The van der Waals surface area contributed by atoms with Crippen LogP contribution in [0.15, 0.2) is 68.5 Å². The lowest BCUT2D eigenvalue weighted by Crippen LogP contribution is -2.57. The third-order valence-corrected chi connectivity index (χ3v) is 9.10. The van der Waals surface area contributed by atoms with Gasteiger partial charge in [-0.1, -0.05) is 36.4 Å². The van der Waals surface area contributed by atoms with Gasteiger partial charge in [0.2, 0.25) is 17.7 Å². The molecule has 0 aliphatic carbocycles. The molecular weight excluding hydrogens is 791 g/mol. The Morgan fingerprint density at radius 1 is 0.492 bits per heavy atom. The van der Waals surface area contributed by atoms with Crippen molar-refractivity contribution in [3.63, 3.8) is 0 Å². The van der Waals surface area contributed by atoms with Crippen LogP contribution in [-0.2, 0) is 19.2 Å². The van der Waals surface area contributed by atoms with Gasteiger partial charge in [-0.3, -0.25) is 39.1 Å². The molecule has 0 spiro atoms. The van der Waals surface area contributed by atoms with Gasteiger partial charge in [-0.15, -0.1) is 0 Å². The summed E-state index contributed by atoms with van der Waals surface area (Å²) in [6, 6.07) is 9.01. The number of nitrogens with zero attached hydrogens (tertiary/aromatic N) is 5. The average Bonchev–Trinajstić information content (AvgIpc) is 3.20. The van der Waals surface area contributed by atoms with E-state index in [9.17, 15) is 29.1 Å². The van der Waals surface area contributed by atoms with Crippen molar-refractivity contribution in [2.75, 3.05) is 26.2 Å². The van der Waals surface area contributed by atoms with Gasteiger partial charge < -0.3 is 72.2 Å². The molecule has 0 radical (unpaired) electrons. The first-order valence-electron chi connectivity index (χ1n) is 19.5. The highest BCUT2D eigenvalue weighted by molar-refractivity contribution is 6.17. The number of aliphatic carboxylic acids is 1. The summed E-state index contributed by atoms with van der Waals surface area (Å²) >= 11 is 0. The number of guanidine groups is 4. The van der Waals surface area contributed by atoms with Crippen molar-refractivity contribution in [1.29, 1.82) is 0 Å². The van der Waals surface area contributed by atoms with E-state index in [2.05, 4.69) is 46.2 Å². The quantitative estimate of drug-likeness (QED) is 0.0178. The summed E-state index contributed by atoms with van der Waals surface area (Å²) < 4.78 is 0. The molecule has 1 heterocycles. The molecule has 2 aromatic carbocycles. The summed E-state index contributed by atoms with van der Waals surface area (Å²) in [6.45, 7) is 0.428. The van der Waals surface area contributed by atoms with Gasteiger partial charge in [-0.25, -0.2) is 9.78 Å². The van der Waals surface area contributed by atoms with E-state index in [1.165, 1.54) is 0 Å². The number of nitrogens with two attached hydrogens (primary N) is 8. The monoisotopic (exact) mass is 847 g/mol. The maximum atomic E-state index is 14.2. The van der Waals surface area contributed by atoms with Crippen LogP contribution in [0.25, 0.3) is 21.8 Å². The van der Waals surface area contributed by atoms with E-state index in [0.717, 1.165) is 0 Å². The fourth-order valence-corrected chi connectivity index (χ4v) is 6.21. The van der Waals surface area contributed by atoms with Crippen LogP contribution in [0.5, 0.6) is 0 Å². The van der Waals surface area contributed by atoms with Crippen molar-refractivity contribution >= 4 is 75.2 Å². The van der Waals surface area contributed by atoms with Gasteiger partial charge in [0, 0.05) is 37.0 Å². The third kappa shape index (κ3) is 16.4. The number of hydrogen-bond donors (Lipinski definition) is 13. The molecule has 0 saturated heterocycles. The molecule has 0 aliphatic heterocycles. The number of hydrogen-bond acceptors (Lipinski definition) is 10. The van der Waals surface area contributed by atoms with Crippen molar-refractivity contribution in [3.8, 4) is 0 Å². The second kappa shape index (κ2) is 24.5. The molecule has 0 unspecified atom stereocenters. The summed E-state index contributed by atoms with van der Waals surface area (Å²) in [4.78, 5) is 88.6. The number of nitrogens with one attached hydrogen (secondary N) is 4. The smallest absolute Gasteiger partial charge is 0.326 e. The molecule has 4 atom stereocenters. The summed E-state index contributed by atoms with van der Waals surface area (Å²) in [5.41, 5.74) is 45.1. The van der Waals surface area contributed by atoms with Gasteiger partial charge in [-0.05, 0) is 63.5 Å². The largest absolute Gasteiger partial charge is 0.480 e. The lowest BCUT2D eigenvalue weighted by atomic mass is 10.0. The molecule has 0 saturated carbocycles. The number of fused-ring (bicyclic) bond motifs is 2. The average molecular weight is 848 g/mol. The Morgan fingerprint density at radius 2 is 0.803 bits per heavy atom. The minimum absolute atomic E-state index is 0.0203. The molecule has 1 aromatic heterocycles. The SMILES string of the molecule is NC(N)=NCCC[C@H](NC(=O)[C@H](CCCN=C(N)N)NC(=O)[C@H](CCCN=C(N)N)NC(=O)[C@H](CCCN=C(N)N)NC(=O)c1c2ccccc2nc2ccccc12)C(=O)O. The number of carboxylic acids is 1. The standard InChI is InChI=1S/C38H57N17O6/c39-35(40)47-17-5-13-25(30(56)53-26(14-6-18-48-36(41)42)32(58)55-28(34(60)61)16-8-20-50-38(45)46)52-31(57)27(15-7-19-49-37(43)44)54-33(59)29-21-9-1-3-11-23(21)51-24-12-4-2-10-22(24)29/h1-4,9-12,25-28H,5-8,13-20H2,(H,52,57)(H,53,56)(H,54,59)(H,55,58)(H,60,61)(H4,39,40,47)(H4,41,42,48)(H4,43,44,49)(H4,45,46,50)/t25-,26-,27-,28-/m0/s1. The van der Waals surface area contributed by atoms with Gasteiger partial charge in [0.05, 0.1) is 16.6 Å². The predicted molar refractivity (Wildman–Crippen MR) is 234 cm³/mol. The Hall–Kier alpha value is -7.46. The molecule has 21 N–H and O–H groups in total. The first kappa shape index (κ1) is 47.9. The van der Waals surface area contributed by atoms with Gasteiger partial charge in [0.1, 0.15) is 24.2 Å². The Labute approximate surface area is 351 Å². The third-order valence-electron chi connectivity index (χ3n) is 9.10. The highest BCUT2D eigenvalue weighted by Crippen LogP contribution is 2.26. The number of carboxylic acid groups (broad SMARTS) is 1. The normalized spacial score (nSPS) is 12.7. The number of carbonyl (C=O) groups is 5. The Balaban J connectivity index is 1.94. The highest BCUT2D eigenvalue weighted by Gasteiger charge is 2.31. The Bertz CT molecular complexity index is 2050. The second-order valence-corrected chi connectivity index (χ2v) is 13.9. The molecule has 61 heavy (non-hydrogen) atoms. The van der Waals surface area contributed by atoms with Gasteiger partial charge in [0.15, 0.2) is 23.8 Å². The van der Waals surface area contributed by atoms with Crippen LogP contribution >= 0.6 is 0 Å². The Morgan fingerprint density at radius 3 is 1.15 bits per heavy atom. The van der Waals surface area contributed by atoms with Crippen LogP contribution in [0.4, 0.5) is 0 Å². The molecule has 330 valence electrons. The second-order valence-electron chi connectivity index (χ2n) is 13.9. The molecule has 4 amide bonds. The molecule has 23 nitrogen and oxygen atoms in total. The van der Waals surface area contributed by atoms with Crippen LogP contribution in [0.3, 0.4) is 0 Å². The molecule has 0 aliphatic rings. The fourth-order valence-electron chi connectivity index (χ4n) is 6.21. The first-order chi connectivity index (χ1) is 29.1. The minimum Gasteiger partial charge on any atom is -0.480 e. The number of benzene rings is 2. The molecule has 23 heteroatoms. The van der Waals surface area contributed by atoms with Crippen LogP contribution in [-0.4, -0.2) is 114 Å². The zero-order valence-corrected chi connectivity index (χ0v) is 33.8. The van der Waals surface area contributed by atoms with Crippen molar-refractivity contribution < 1.29 is 29.1 Å². The topological polar surface area (TPSA) is 424 Å². The van der Waals surface area contributed by atoms with Crippen LogP contribution in [0.1, 0.15) is 61.7 Å². The lowest BCUT2D eigenvalue weighted by Gasteiger charge is -2.26. The van der Waals surface area contributed by atoms with Gasteiger partial charge in [0.25, 0.3) is 5.91 Å². The lowest BCUT2D eigenvalue weighted by molar-refractivity contribution is -0.142. The number of rotatable bonds is 25. The van der Waals surface area contributed by atoms with Crippen molar-refractivity contribution in [3.05, 3.63) is 54.1 Å². The number of carbonyl (C=O) groups excluding carboxylic acids is 4. The van der Waals surface area contributed by atoms with E-state index in [0.29, 0.717) is 27.4 Å². The van der Waals surface area contributed by atoms with E-state index in [-0.39, 0.29) is 101 Å². The van der Waals surface area contributed by atoms with Crippen molar-refractivity contribution in [2.24, 2.45) is 65.8 Å². The Kier molecular flexibility index (Phi) is 19.2. The number of aromatic nitrogens is 1. The van der Waals surface area contributed by atoms with Crippen LogP contribution in [0.2, 0.25) is 0 Å².